The van der Waals surface area contributed by atoms with Gasteiger partial charge in [-0.15, -0.1) is 10.2 Å². The van der Waals surface area contributed by atoms with E-state index >= 15 is 0 Å². The summed E-state index contributed by atoms with van der Waals surface area (Å²) < 4.78 is 40.3. The molecular formula is C23H20N6O5S. The van der Waals surface area contributed by atoms with Crippen LogP contribution in [0.2, 0.25) is 0 Å². The summed E-state index contributed by atoms with van der Waals surface area (Å²) in [6, 6.07) is 13.9. The minimum Gasteiger partial charge on any atom is -0.438 e. The molecule has 3 heterocycles. The Morgan fingerprint density at radius 3 is 2.43 bits per heavy atom. The Hall–Kier alpha value is -4.45. The van der Waals surface area contributed by atoms with Gasteiger partial charge in [-0.05, 0) is 74.9 Å². The smallest absolute Gasteiger partial charge is 0.417 e. The molecule has 2 N–H and O–H groups in total. The predicted molar refractivity (Wildman–Crippen MR) is 128 cm³/mol. The fourth-order valence-electron chi connectivity index (χ4n) is 3.45. The molecule has 0 saturated heterocycles. The molecule has 0 spiro atoms. The predicted octanol–water partition coefficient (Wildman–Crippen LogP) is 3.62. The van der Waals surface area contributed by atoms with E-state index in [0.29, 0.717) is 22.8 Å². The molecule has 178 valence electrons. The zero-order chi connectivity index (χ0) is 24.7. The fraction of sp³-hybridized carbons (Fsp3) is 0.130. The lowest BCUT2D eigenvalue weighted by molar-refractivity contribution is 0.454. The van der Waals surface area contributed by atoms with Crippen molar-refractivity contribution in [2.75, 3.05) is 4.72 Å². The van der Waals surface area contributed by atoms with E-state index in [0.717, 1.165) is 17.0 Å². The summed E-state index contributed by atoms with van der Waals surface area (Å²) in [6.45, 7) is 5.91. The molecule has 2 aromatic carbocycles. The summed E-state index contributed by atoms with van der Waals surface area (Å²) in [5, 5.41) is 12.8. The first-order valence-corrected chi connectivity index (χ1v) is 12.0. The van der Waals surface area contributed by atoms with E-state index in [9.17, 15) is 13.2 Å². The molecule has 0 amide bonds. The van der Waals surface area contributed by atoms with Crippen LogP contribution in [0, 0.1) is 20.8 Å². The van der Waals surface area contributed by atoms with Gasteiger partial charge >= 0.3 is 5.76 Å². The van der Waals surface area contributed by atoms with Gasteiger partial charge in [0.1, 0.15) is 5.75 Å². The second kappa shape index (κ2) is 8.40. The Bertz CT molecular complexity index is 1700. The van der Waals surface area contributed by atoms with Crippen molar-refractivity contribution in [1.82, 2.24) is 25.0 Å². The van der Waals surface area contributed by atoms with Gasteiger partial charge in [0, 0.05) is 17.4 Å². The lowest BCUT2D eigenvalue weighted by Gasteiger charge is -2.09. The summed E-state index contributed by atoms with van der Waals surface area (Å²) in [6.07, 6.45) is 0. The highest BCUT2D eigenvalue weighted by Gasteiger charge is 2.16. The minimum absolute atomic E-state index is 0.0180. The number of sulfonamides is 1. The highest BCUT2D eigenvalue weighted by Crippen LogP contribution is 2.24. The second-order valence-corrected chi connectivity index (χ2v) is 9.52. The first kappa shape index (κ1) is 22.3. The molecule has 0 unspecified atom stereocenters. The van der Waals surface area contributed by atoms with E-state index in [1.807, 2.05) is 20.8 Å². The topological polar surface area (TPSA) is 145 Å². The van der Waals surface area contributed by atoms with Crippen LogP contribution in [0.1, 0.15) is 17.0 Å². The van der Waals surface area contributed by atoms with Crippen molar-refractivity contribution < 1.29 is 17.6 Å². The Labute approximate surface area is 199 Å². The average molecular weight is 493 g/mol. The summed E-state index contributed by atoms with van der Waals surface area (Å²) in [4.78, 5) is 13.7. The molecule has 0 radical (unpaired) electrons. The molecular weight excluding hydrogens is 472 g/mol. The summed E-state index contributed by atoms with van der Waals surface area (Å²) >= 11 is 0. The Balaban J connectivity index is 1.28. The van der Waals surface area contributed by atoms with Gasteiger partial charge in [0.15, 0.2) is 11.4 Å². The number of ether oxygens (including phenoxy) is 1. The van der Waals surface area contributed by atoms with Crippen molar-refractivity contribution in [3.05, 3.63) is 82.1 Å². The third-order valence-corrected chi connectivity index (χ3v) is 6.90. The number of nitrogens with one attached hydrogen (secondary N) is 2. The fourth-order valence-corrected chi connectivity index (χ4v) is 4.53. The maximum atomic E-state index is 12.7. The number of anilines is 1. The number of oxazole rings is 1. The van der Waals surface area contributed by atoms with Crippen molar-refractivity contribution in [3.63, 3.8) is 0 Å². The molecule has 0 aliphatic carbocycles. The molecule has 3 aromatic heterocycles. The number of aryl methyl sites for hydroxylation is 1. The number of aromatic amines is 1. The van der Waals surface area contributed by atoms with Gasteiger partial charge in [-0.25, -0.2) is 17.9 Å². The number of H-pyrrole nitrogens is 1. The van der Waals surface area contributed by atoms with Crippen molar-refractivity contribution in [2.24, 2.45) is 0 Å². The molecule has 0 atom stereocenters. The van der Waals surface area contributed by atoms with Gasteiger partial charge in [-0.3, -0.25) is 9.71 Å². The first-order valence-electron chi connectivity index (χ1n) is 10.5. The molecule has 12 heteroatoms. The lowest BCUT2D eigenvalue weighted by atomic mass is 10.2. The molecule has 0 saturated carbocycles. The monoisotopic (exact) mass is 492 g/mol. The molecule has 0 aliphatic heterocycles. The average Bonchev–Trinajstić information content (AvgIpc) is 3.33. The molecule has 0 fully saturated rings. The van der Waals surface area contributed by atoms with Crippen molar-refractivity contribution in [2.45, 2.75) is 25.7 Å². The van der Waals surface area contributed by atoms with Gasteiger partial charge < -0.3 is 9.15 Å². The van der Waals surface area contributed by atoms with Crippen molar-refractivity contribution >= 4 is 26.8 Å². The van der Waals surface area contributed by atoms with Gasteiger partial charge in [0.05, 0.1) is 16.1 Å². The van der Waals surface area contributed by atoms with Crippen LogP contribution in [0.4, 0.5) is 5.69 Å². The van der Waals surface area contributed by atoms with Gasteiger partial charge in [-0.2, -0.15) is 5.10 Å². The van der Waals surface area contributed by atoms with E-state index in [-0.39, 0.29) is 16.4 Å². The number of benzene rings is 2. The van der Waals surface area contributed by atoms with Crippen LogP contribution >= 0.6 is 0 Å². The van der Waals surface area contributed by atoms with Crippen LogP contribution in [-0.4, -0.2) is 33.4 Å². The second-order valence-electron chi connectivity index (χ2n) is 7.84. The molecule has 0 bridgehead atoms. The number of rotatable bonds is 6. The molecule has 35 heavy (non-hydrogen) atoms. The first-order chi connectivity index (χ1) is 16.7. The van der Waals surface area contributed by atoms with E-state index in [4.69, 9.17) is 9.15 Å². The molecule has 5 rings (SSSR count). The third kappa shape index (κ3) is 4.38. The number of nitrogens with zero attached hydrogens (tertiary/aromatic N) is 4. The number of fused-ring (bicyclic) bond motifs is 1. The summed E-state index contributed by atoms with van der Waals surface area (Å²) in [5.41, 5.74) is 3.91. The largest absolute Gasteiger partial charge is 0.438 e. The lowest BCUT2D eigenvalue weighted by Crippen LogP contribution is -2.12. The van der Waals surface area contributed by atoms with Crippen molar-refractivity contribution in [3.8, 4) is 17.4 Å². The number of hydrogen-bond donors (Lipinski definition) is 2. The summed E-state index contributed by atoms with van der Waals surface area (Å²) in [7, 11) is -3.89. The van der Waals surface area contributed by atoms with Crippen LogP contribution < -0.4 is 15.2 Å². The van der Waals surface area contributed by atoms with Gasteiger partial charge in [0.25, 0.3) is 10.0 Å². The molecule has 0 aliphatic rings. The minimum atomic E-state index is -3.89. The zero-order valence-electron chi connectivity index (χ0n) is 18.9. The van der Waals surface area contributed by atoms with E-state index in [1.165, 1.54) is 18.2 Å². The molecule has 5 aromatic rings. The van der Waals surface area contributed by atoms with E-state index in [1.54, 1.807) is 41.1 Å². The summed E-state index contributed by atoms with van der Waals surface area (Å²) in [5.74, 6) is 0.657. The maximum Gasteiger partial charge on any atom is 0.417 e. The molecule has 11 nitrogen and oxygen atoms in total. The highest BCUT2D eigenvalue weighted by molar-refractivity contribution is 7.92. The van der Waals surface area contributed by atoms with Gasteiger partial charge in [0.2, 0.25) is 5.88 Å². The highest BCUT2D eigenvalue weighted by atomic mass is 32.2. The number of hydrogen-bond acceptors (Lipinski definition) is 8. The third-order valence-electron chi connectivity index (χ3n) is 5.53. The standard InChI is InChI=1S/C23H20N6O5S/c1-13-14(2)27-29(15(13)3)21-10-11-22(26-25-21)33-17-6-4-16(5-7-17)28-35(31,32)18-8-9-20-19(12-18)24-23(30)34-20/h4-12,28H,1-3H3,(H,24,30). The van der Waals surface area contributed by atoms with Crippen LogP contribution in [0.3, 0.4) is 0 Å². The van der Waals surface area contributed by atoms with Crippen LogP contribution in [0.25, 0.3) is 16.9 Å². The number of aromatic nitrogens is 5. The van der Waals surface area contributed by atoms with E-state index in [2.05, 4.69) is 25.0 Å². The quantitative estimate of drug-likeness (QED) is 0.366. The van der Waals surface area contributed by atoms with Crippen LogP contribution in [0.5, 0.6) is 11.6 Å². The zero-order valence-corrected chi connectivity index (χ0v) is 19.8. The van der Waals surface area contributed by atoms with Crippen LogP contribution in [0.15, 0.2) is 68.7 Å². The Kier molecular flexibility index (Phi) is 5.36. The van der Waals surface area contributed by atoms with Crippen molar-refractivity contribution in [1.29, 1.82) is 0 Å². The normalized spacial score (nSPS) is 11.6. The maximum absolute atomic E-state index is 12.7. The van der Waals surface area contributed by atoms with Gasteiger partial charge in [-0.1, -0.05) is 0 Å². The van der Waals surface area contributed by atoms with E-state index < -0.39 is 15.8 Å². The SMILES string of the molecule is Cc1nn(-c2ccc(Oc3ccc(NS(=O)(=O)c4ccc5oc(=O)[nH]c5c4)cc3)nn2)c(C)c1C. The van der Waals surface area contributed by atoms with Crippen LogP contribution in [-0.2, 0) is 10.0 Å². The Morgan fingerprint density at radius 2 is 1.77 bits per heavy atom. The Morgan fingerprint density at radius 1 is 1.00 bits per heavy atom.